The minimum absolute atomic E-state index is 0.636. The number of hydrogen-bond acceptors (Lipinski definition) is 3. The highest BCUT2D eigenvalue weighted by Crippen LogP contribution is 2.13. The minimum atomic E-state index is 0.636. The first-order chi connectivity index (χ1) is 6.42. The number of carbonyl (C=O) groups is 1. The predicted molar refractivity (Wildman–Crippen MR) is 47.6 cm³/mol. The van der Waals surface area contributed by atoms with Crippen LogP contribution in [0.5, 0.6) is 0 Å². The maximum Gasteiger partial charge on any atom is 0.219 e. The number of hydrogen-bond donors (Lipinski definition) is 0. The number of rotatable bonds is 2. The van der Waals surface area contributed by atoms with Crippen LogP contribution in [0.15, 0.2) is 36.9 Å². The molecule has 0 spiro atoms. The Morgan fingerprint density at radius 1 is 1.23 bits per heavy atom. The smallest absolute Gasteiger partial charge is 0.219 e. The van der Waals surface area contributed by atoms with Gasteiger partial charge in [-0.15, -0.1) is 0 Å². The van der Waals surface area contributed by atoms with Crippen molar-refractivity contribution in [2.45, 2.75) is 0 Å². The molecule has 0 aromatic carbocycles. The number of imidazole rings is 1. The van der Waals surface area contributed by atoms with Crippen LogP contribution in [-0.4, -0.2) is 20.9 Å². The zero-order chi connectivity index (χ0) is 9.10. The predicted octanol–water partition coefficient (Wildman–Crippen LogP) is 0.983. The Morgan fingerprint density at radius 2 is 2.00 bits per heavy atom. The van der Waals surface area contributed by atoms with Gasteiger partial charge in [0.25, 0.3) is 0 Å². The first-order valence-corrected chi connectivity index (χ1v) is 3.80. The van der Waals surface area contributed by atoms with Crippen LogP contribution in [0.3, 0.4) is 0 Å². The SMILES string of the molecule is O=Cn1ccnc1-c1ccncc1. The molecule has 2 aromatic rings. The van der Waals surface area contributed by atoms with E-state index in [4.69, 9.17) is 0 Å². The molecule has 2 heterocycles. The second kappa shape index (κ2) is 3.18. The van der Waals surface area contributed by atoms with Gasteiger partial charge >= 0.3 is 0 Å². The molecule has 0 atom stereocenters. The third kappa shape index (κ3) is 1.33. The number of pyridine rings is 1. The van der Waals surface area contributed by atoms with Gasteiger partial charge in [-0.3, -0.25) is 14.3 Å². The molecule has 0 aliphatic heterocycles. The molecule has 0 unspecified atom stereocenters. The van der Waals surface area contributed by atoms with Gasteiger partial charge in [0.15, 0.2) is 0 Å². The summed E-state index contributed by atoms with van der Waals surface area (Å²) in [6.07, 6.45) is 7.26. The van der Waals surface area contributed by atoms with E-state index in [9.17, 15) is 4.79 Å². The fourth-order valence-electron chi connectivity index (χ4n) is 1.12. The molecule has 0 radical (unpaired) electrons. The topological polar surface area (TPSA) is 47.8 Å². The van der Waals surface area contributed by atoms with Crippen molar-refractivity contribution >= 4 is 6.41 Å². The molecule has 0 saturated carbocycles. The summed E-state index contributed by atoms with van der Waals surface area (Å²) < 4.78 is 1.43. The second-order valence-corrected chi connectivity index (χ2v) is 2.50. The van der Waals surface area contributed by atoms with Gasteiger partial charge in [0.05, 0.1) is 0 Å². The van der Waals surface area contributed by atoms with Gasteiger partial charge in [-0.1, -0.05) is 0 Å². The van der Waals surface area contributed by atoms with Crippen molar-refractivity contribution < 1.29 is 4.79 Å². The van der Waals surface area contributed by atoms with Crippen LogP contribution in [0.4, 0.5) is 0 Å². The van der Waals surface area contributed by atoms with E-state index in [0.717, 1.165) is 12.0 Å². The summed E-state index contributed by atoms with van der Waals surface area (Å²) >= 11 is 0. The molecule has 0 aliphatic rings. The fraction of sp³-hybridized carbons (Fsp3) is 0. The largest absolute Gasteiger partial charge is 0.278 e. The molecule has 0 fully saturated rings. The van der Waals surface area contributed by atoms with Crippen molar-refractivity contribution in [3.05, 3.63) is 36.9 Å². The third-order valence-corrected chi connectivity index (χ3v) is 1.72. The highest BCUT2D eigenvalue weighted by molar-refractivity contribution is 5.65. The third-order valence-electron chi connectivity index (χ3n) is 1.72. The molecule has 0 saturated heterocycles. The van der Waals surface area contributed by atoms with E-state index in [1.165, 1.54) is 4.57 Å². The lowest BCUT2D eigenvalue weighted by Crippen LogP contribution is -1.95. The molecule has 0 aliphatic carbocycles. The van der Waals surface area contributed by atoms with E-state index in [1.807, 2.05) is 12.1 Å². The zero-order valence-corrected chi connectivity index (χ0v) is 6.79. The molecule has 0 bridgehead atoms. The first kappa shape index (κ1) is 7.67. The Balaban J connectivity index is 2.52. The Bertz CT molecular complexity index is 408. The fourth-order valence-corrected chi connectivity index (χ4v) is 1.12. The highest BCUT2D eigenvalue weighted by atomic mass is 16.1. The van der Waals surface area contributed by atoms with Crippen LogP contribution in [-0.2, 0) is 4.79 Å². The Morgan fingerprint density at radius 3 is 2.69 bits per heavy atom. The quantitative estimate of drug-likeness (QED) is 0.636. The molecule has 4 heteroatoms. The van der Waals surface area contributed by atoms with Crippen LogP contribution in [0.25, 0.3) is 11.4 Å². The lowest BCUT2D eigenvalue weighted by Gasteiger charge is -1.98. The molecule has 2 rings (SSSR count). The second-order valence-electron chi connectivity index (χ2n) is 2.50. The van der Waals surface area contributed by atoms with E-state index in [0.29, 0.717) is 5.82 Å². The summed E-state index contributed by atoms with van der Waals surface area (Å²) in [5.41, 5.74) is 0.882. The zero-order valence-electron chi connectivity index (χ0n) is 6.79. The normalized spacial score (nSPS) is 9.85. The van der Waals surface area contributed by atoms with Gasteiger partial charge in [0, 0.05) is 30.4 Å². The Hall–Kier alpha value is -1.97. The van der Waals surface area contributed by atoms with Crippen LogP contribution < -0.4 is 0 Å². The van der Waals surface area contributed by atoms with Gasteiger partial charge in [-0.05, 0) is 12.1 Å². The summed E-state index contributed by atoms with van der Waals surface area (Å²) in [6, 6.07) is 3.62. The average molecular weight is 173 g/mol. The summed E-state index contributed by atoms with van der Waals surface area (Å²) in [6.45, 7) is 0. The van der Waals surface area contributed by atoms with Crippen molar-refractivity contribution in [1.29, 1.82) is 0 Å². The average Bonchev–Trinajstić information content (AvgIpc) is 2.67. The van der Waals surface area contributed by atoms with Crippen LogP contribution in [0.1, 0.15) is 0 Å². The van der Waals surface area contributed by atoms with E-state index < -0.39 is 0 Å². The van der Waals surface area contributed by atoms with E-state index >= 15 is 0 Å². The van der Waals surface area contributed by atoms with Crippen molar-refractivity contribution in [2.24, 2.45) is 0 Å². The van der Waals surface area contributed by atoms with Gasteiger partial charge < -0.3 is 0 Å². The molecule has 0 amide bonds. The van der Waals surface area contributed by atoms with E-state index in [-0.39, 0.29) is 0 Å². The number of nitrogens with zero attached hydrogens (tertiary/aromatic N) is 3. The van der Waals surface area contributed by atoms with Gasteiger partial charge in [-0.25, -0.2) is 4.98 Å². The molecular formula is C9H7N3O. The van der Waals surface area contributed by atoms with E-state index in [1.54, 1.807) is 24.8 Å². The Labute approximate surface area is 74.9 Å². The summed E-state index contributed by atoms with van der Waals surface area (Å²) in [4.78, 5) is 18.5. The van der Waals surface area contributed by atoms with Crippen LogP contribution in [0, 0.1) is 0 Å². The minimum Gasteiger partial charge on any atom is -0.278 e. The first-order valence-electron chi connectivity index (χ1n) is 3.80. The van der Waals surface area contributed by atoms with Gasteiger partial charge in [0.1, 0.15) is 5.82 Å². The van der Waals surface area contributed by atoms with Crippen LogP contribution >= 0.6 is 0 Å². The number of aromatic nitrogens is 3. The van der Waals surface area contributed by atoms with Crippen molar-refractivity contribution in [3.8, 4) is 11.4 Å². The standard InChI is InChI=1S/C9H7N3O/c13-7-12-6-5-11-9(12)8-1-3-10-4-2-8/h1-7H. The summed E-state index contributed by atoms with van der Waals surface area (Å²) in [7, 11) is 0. The van der Waals surface area contributed by atoms with Crippen molar-refractivity contribution in [1.82, 2.24) is 14.5 Å². The molecule has 64 valence electrons. The monoisotopic (exact) mass is 173 g/mol. The number of carbonyl (C=O) groups excluding carboxylic acids is 1. The van der Waals surface area contributed by atoms with E-state index in [2.05, 4.69) is 9.97 Å². The maximum atomic E-state index is 10.6. The van der Waals surface area contributed by atoms with Crippen molar-refractivity contribution in [3.63, 3.8) is 0 Å². The molecule has 13 heavy (non-hydrogen) atoms. The molecule has 2 aromatic heterocycles. The highest BCUT2D eigenvalue weighted by Gasteiger charge is 2.02. The summed E-state index contributed by atoms with van der Waals surface area (Å²) in [5, 5.41) is 0. The molecule has 4 nitrogen and oxygen atoms in total. The lowest BCUT2D eigenvalue weighted by atomic mass is 10.2. The van der Waals surface area contributed by atoms with Crippen LogP contribution in [0.2, 0.25) is 0 Å². The Kier molecular flexibility index (Phi) is 1.88. The van der Waals surface area contributed by atoms with Crippen molar-refractivity contribution in [2.75, 3.05) is 0 Å². The van der Waals surface area contributed by atoms with Gasteiger partial charge in [0.2, 0.25) is 6.41 Å². The molecular weight excluding hydrogens is 166 g/mol. The van der Waals surface area contributed by atoms with Gasteiger partial charge in [-0.2, -0.15) is 0 Å². The molecule has 0 N–H and O–H groups in total. The lowest BCUT2D eigenvalue weighted by molar-refractivity contribution is 0.548. The maximum absolute atomic E-state index is 10.6. The summed E-state index contributed by atoms with van der Waals surface area (Å²) in [5.74, 6) is 0.636.